The molecule has 2 aromatic rings. The van der Waals surface area contributed by atoms with Crippen molar-refractivity contribution < 1.29 is 22.6 Å². The van der Waals surface area contributed by atoms with E-state index in [1.807, 2.05) is 46.9 Å². The first-order chi connectivity index (χ1) is 11.9. The van der Waals surface area contributed by atoms with Gasteiger partial charge in [-0.3, -0.25) is 4.99 Å². The molecule has 1 aliphatic rings. The van der Waals surface area contributed by atoms with Crippen molar-refractivity contribution >= 4 is 28.8 Å². The third-order valence-corrected chi connectivity index (χ3v) is 5.03. The van der Waals surface area contributed by atoms with Gasteiger partial charge in [-0.05, 0) is 51.9 Å². The maximum Gasteiger partial charge on any atom is 0.422 e. The highest BCUT2D eigenvalue weighted by Gasteiger charge is 2.62. The molecule has 1 heterocycles. The second-order valence-corrected chi connectivity index (χ2v) is 6.79. The third kappa shape index (κ3) is 3.67. The molecule has 1 aliphatic heterocycles. The Morgan fingerprint density at radius 3 is 2.32 bits per heavy atom. The molecular weight excluding hydrogens is 446 g/mol. The second kappa shape index (κ2) is 6.95. The topological polar surface area (TPSA) is 30.8 Å². The van der Waals surface area contributed by atoms with E-state index in [1.54, 1.807) is 19.2 Å². The number of ether oxygens (including phenoxy) is 2. The van der Waals surface area contributed by atoms with Gasteiger partial charge in [-0.2, -0.15) is 13.2 Å². The molecule has 0 amide bonds. The van der Waals surface area contributed by atoms with E-state index in [0.717, 1.165) is 21.1 Å². The average Bonchev–Trinajstić information content (AvgIpc) is 3.38. The first kappa shape index (κ1) is 18.2. The van der Waals surface area contributed by atoms with Crippen LogP contribution in [0.2, 0.25) is 0 Å². The fourth-order valence-corrected chi connectivity index (χ4v) is 3.21. The lowest BCUT2D eigenvalue weighted by Crippen LogP contribution is -2.33. The molecule has 3 nitrogen and oxygen atoms in total. The summed E-state index contributed by atoms with van der Waals surface area (Å²) < 4.78 is 51.6. The summed E-state index contributed by atoms with van der Waals surface area (Å²) >= 11 is 2.03. The maximum absolute atomic E-state index is 13.4. The van der Waals surface area contributed by atoms with Gasteiger partial charge in [-0.25, -0.2) is 0 Å². The molecule has 0 fully saturated rings. The van der Waals surface area contributed by atoms with Crippen LogP contribution in [0.25, 0.3) is 0 Å². The van der Waals surface area contributed by atoms with Crippen molar-refractivity contribution in [1.82, 2.24) is 0 Å². The van der Waals surface area contributed by atoms with Crippen LogP contribution in [0, 0.1) is 3.57 Å². The van der Waals surface area contributed by atoms with Crippen LogP contribution in [-0.4, -0.2) is 19.5 Å². The zero-order valence-corrected chi connectivity index (χ0v) is 15.5. The molecular formula is C18H15F3INO2. The fourth-order valence-electron chi connectivity index (χ4n) is 2.56. The molecule has 0 radical (unpaired) electrons. The molecule has 0 aliphatic carbocycles. The van der Waals surface area contributed by atoms with Crippen LogP contribution in [0.5, 0.6) is 5.75 Å². The van der Waals surface area contributed by atoms with E-state index in [1.165, 1.54) is 6.07 Å². The van der Waals surface area contributed by atoms with Gasteiger partial charge in [0.2, 0.25) is 5.54 Å². The summed E-state index contributed by atoms with van der Waals surface area (Å²) in [5.74, 6) is 0.738. The summed E-state index contributed by atoms with van der Waals surface area (Å²) in [6, 6.07) is 12.2. The number of hydrogen-bond donors (Lipinski definition) is 0. The van der Waals surface area contributed by atoms with Crippen molar-refractivity contribution in [2.45, 2.75) is 24.9 Å². The molecule has 0 N–H and O–H groups in total. The van der Waals surface area contributed by atoms with Crippen molar-refractivity contribution in [1.29, 1.82) is 0 Å². The molecule has 1 unspecified atom stereocenters. The number of rotatable bonds is 6. The number of halogens is 4. The Labute approximate surface area is 157 Å². The number of methoxy groups -OCH3 is 1. The molecule has 25 heavy (non-hydrogen) atoms. The summed E-state index contributed by atoms with van der Waals surface area (Å²) in [6.45, 7) is 0.385. The van der Waals surface area contributed by atoms with Crippen LogP contribution in [0.15, 0.2) is 47.5 Å². The van der Waals surface area contributed by atoms with Crippen LogP contribution in [-0.2, 0) is 23.5 Å². The number of benzene rings is 2. The van der Waals surface area contributed by atoms with Crippen LogP contribution in [0.3, 0.4) is 0 Å². The van der Waals surface area contributed by atoms with E-state index in [2.05, 4.69) is 4.99 Å². The highest BCUT2D eigenvalue weighted by atomic mass is 127. The van der Waals surface area contributed by atoms with Crippen molar-refractivity contribution in [3.8, 4) is 5.75 Å². The minimum absolute atomic E-state index is 0.0850. The minimum atomic E-state index is -4.44. The zero-order valence-electron chi connectivity index (χ0n) is 13.3. The summed E-state index contributed by atoms with van der Waals surface area (Å²) in [5, 5.41) is 0. The zero-order chi connectivity index (χ0) is 18.1. The van der Waals surface area contributed by atoms with Gasteiger partial charge in [0, 0.05) is 15.3 Å². The molecule has 3 rings (SSSR count). The van der Waals surface area contributed by atoms with Gasteiger partial charge in [-0.1, -0.05) is 24.3 Å². The second-order valence-electron chi connectivity index (χ2n) is 5.63. The van der Waals surface area contributed by atoms with Crippen LogP contribution < -0.4 is 4.74 Å². The van der Waals surface area contributed by atoms with Crippen LogP contribution in [0.1, 0.15) is 16.7 Å². The van der Waals surface area contributed by atoms with Crippen molar-refractivity contribution in [2.75, 3.05) is 7.11 Å². The highest BCUT2D eigenvalue weighted by Crippen LogP contribution is 2.49. The van der Waals surface area contributed by atoms with E-state index in [4.69, 9.17) is 9.47 Å². The van der Waals surface area contributed by atoms with E-state index >= 15 is 0 Å². The van der Waals surface area contributed by atoms with Crippen molar-refractivity contribution in [3.63, 3.8) is 0 Å². The standard InChI is InChI=1S/C18H15F3INO2/c1-24-13-7-5-12(6-8-13)9-25-10-14-15(3-2-4-16(14)22)17(11-23-17)18(19,20)21/h2-8,11H,9-10H2,1H3. The Kier molecular flexibility index (Phi) is 5.06. The van der Waals surface area contributed by atoms with E-state index in [9.17, 15) is 13.2 Å². The number of nitrogens with zero attached hydrogens (tertiary/aromatic N) is 1. The van der Waals surface area contributed by atoms with Crippen LogP contribution in [0.4, 0.5) is 13.2 Å². The molecule has 0 saturated carbocycles. The molecule has 132 valence electrons. The predicted octanol–water partition coefficient (Wildman–Crippen LogP) is 4.86. The van der Waals surface area contributed by atoms with Gasteiger partial charge < -0.3 is 9.47 Å². The summed E-state index contributed by atoms with van der Waals surface area (Å²) in [5.41, 5.74) is -0.609. The molecule has 0 saturated heterocycles. The summed E-state index contributed by atoms with van der Waals surface area (Å²) in [4.78, 5) is 3.54. The van der Waals surface area contributed by atoms with Gasteiger partial charge >= 0.3 is 6.18 Å². The van der Waals surface area contributed by atoms with E-state index in [-0.39, 0.29) is 12.2 Å². The largest absolute Gasteiger partial charge is 0.497 e. The Morgan fingerprint density at radius 2 is 1.76 bits per heavy atom. The Bertz CT molecular complexity index is 782. The first-order valence-corrected chi connectivity index (χ1v) is 8.57. The Morgan fingerprint density at radius 1 is 1.08 bits per heavy atom. The quantitative estimate of drug-likeness (QED) is 0.576. The van der Waals surface area contributed by atoms with Gasteiger partial charge in [0.15, 0.2) is 0 Å². The van der Waals surface area contributed by atoms with Gasteiger partial charge in [0.1, 0.15) is 5.75 Å². The minimum Gasteiger partial charge on any atom is -0.497 e. The molecule has 0 bridgehead atoms. The Hall–Kier alpha value is -1.61. The number of aliphatic imine (C=N–C) groups is 1. The lowest BCUT2D eigenvalue weighted by Gasteiger charge is -2.22. The van der Waals surface area contributed by atoms with Gasteiger partial charge in [0.05, 0.1) is 20.3 Å². The molecule has 1 atom stereocenters. The van der Waals surface area contributed by atoms with E-state index in [0.29, 0.717) is 12.2 Å². The summed E-state index contributed by atoms with van der Waals surface area (Å²) in [7, 11) is 1.58. The first-order valence-electron chi connectivity index (χ1n) is 7.49. The monoisotopic (exact) mass is 461 g/mol. The normalized spacial score (nSPS) is 19.1. The van der Waals surface area contributed by atoms with Crippen LogP contribution >= 0.6 is 22.6 Å². The molecule has 0 spiro atoms. The fraction of sp³-hybridized carbons (Fsp3) is 0.278. The number of alkyl halides is 3. The van der Waals surface area contributed by atoms with E-state index < -0.39 is 11.7 Å². The lowest BCUT2D eigenvalue weighted by atomic mass is 9.92. The molecule has 7 heteroatoms. The third-order valence-electron chi connectivity index (χ3n) is 4.02. The van der Waals surface area contributed by atoms with Gasteiger partial charge in [0.25, 0.3) is 0 Å². The van der Waals surface area contributed by atoms with Crippen molar-refractivity contribution in [2.24, 2.45) is 4.99 Å². The Balaban J connectivity index is 1.74. The summed E-state index contributed by atoms with van der Waals surface area (Å²) in [6.07, 6.45) is -3.49. The predicted molar refractivity (Wildman–Crippen MR) is 96.9 cm³/mol. The molecule has 2 aromatic carbocycles. The van der Waals surface area contributed by atoms with Crippen molar-refractivity contribution in [3.05, 3.63) is 62.7 Å². The smallest absolute Gasteiger partial charge is 0.422 e. The number of hydrogen-bond acceptors (Lipinski definition) is 3. The lowest BCUT2D eigenvalue weighted by molar-refractivity contribution is -0.156. The highest BCUT2D eigenvalue weighted by molar-refractivity contribution is 14.1. The SMILES string of the molecule is COc1ccc(COCc2c(I)cccc2C2(C(F)(F)F)C=N2)cc1. The molecule has 0 aromatic heterocycles. The maximum atomic E-state index is 13.4. The average molecular weight is 461 g/mol. The van der Waals surface area contributed by atoms with Gasteiger partial charge in [-0.15, -0.1) is 0 Å².